The summed E-state index contributed by atoms with van der Waals surface area (Å²) in [7, 11) is 1.59. The first kappa shape index (κ1) is 13.0. The van der Waals surface area contributed by atoms with Crippen molar-refractivity contribution in [2.75, 3.05) is 7.11 Å². The number of nitrogens with zero attached hydrogens (tertiary/aromatic N) is 2. The average Bonchev–Trinajstić information content (AvgIpc) is 2.30. The summed E-state index contributed by atoms with van der Waals surface area (Å²) in [5, 5.41) is 12.2. The molecule has 0 bridgehead atoms. The predicted molar refractivity (Wildman–Crippen MR) is 68.1 cm³/mol. The van der Waals surface area contributed by atoms with Gasteiger partial charge in [-0.05, 0) is 38.1 Å². The number of amidine groups is 1. The van der Waals surface area contributed by atoms with Crippen LogP contribution in [0, 0.1) is 0 Å². The van der Waals surface area contributed by atoms with Crippen molar-refractivity contribution in [1.29, 1.82) is 0 Å². The molecular formula is C12H17N3O2. The Balaban J connectivity index is 3.02. The fourth-order valence-corrected chi connectivity index (χ4v) is 1.35. The fourth-order valence-electron chi connectivity index (χ4n) is 1.35. The minimum Gasteiger partial charge on any atom is -0.497 e. The number of oxime groups is 1. The molecule has 0 aliphatic heterocycles. The quantitative estimate of drug-likeness (QED) is 0.360. The van der Waals surface area contributed by atoms with Gasteiger partial charge < -0.3 is 15.7 Å². The van der Waals surface area contributed by atoms with E-state index in [9.17, 15) is 0 Å². The van der Waals surface area contributed by atoms with Crippen LogP contribution in [-0.2, 0) is 0 Å². The first-order chi connectivity index (χ1) is 8.08. The highest BCUT2D eigenvalue weighted by molar-refractivity contribution is 6.46. The van der Waals surface area contributed by atoms with Crippen molar-refractivity contribution in [2.45, 2.75) is 19.9 Å². The summed E-state index contributed by atoms with van der Waals surface area (Å²) in [5.41, 5.74) is 6.72. The number of hydrogen-bond donors (Lipinski definition) is 2. The Morgan fingerprint density at radius 2 is 1.88 bits per heavy atom. The SMILES string of the molecule is COc1ccc(C(=NO)C(N)=NC(C)C)cc1. The molecular weight excluding hydrogens is 218 g/mol. The maximum Gasteiger partial charge on any atom is 0.151 e. The number of aliphatic imine (C=N–C) groups is 1. The molecule has 1 rings (SSSR count). The smallest absolute Gasteiger partial charge is 0.151 e. The Hall–Kier alpha value is -2.04. The molecule has 0 saturated heterocycles. The van der Waals surface area contributed by atoms with Crippen molar-refractivity contribution < 1.29 is 9.94 Å². The van der Waals surface area contributed by atoms with Crippen molar-refractivity contribution in [1.82, 2.24) is 0 Å². The van der Waals surface area contributed by atoms with E-state index in [0.717, 1.165) is 5.75 Å². The molecule has 5 nitrogen and oxygen atoms in total. The van der Waals surface area contributed by atoms with Gasteiger partial charge in [-0.2, -0.15) is 0 Å². The topological polar surface area (TPSA) is 80.2 Å². The van der Waals surface area contributed by atoms with Crippen LogP contribution in [-0.4, -0.2) is 29.9 Å². The number of ether oxygens (including phenoxy) is 1. The van der Waals surface area contributed by atoms with Crippen LogP contribution in [0.3, 0.4) is 0 Å². The molecule has 0 spiro atoms. The van der Waals surface area contributed by atoms with E-state index in [2.05, 4.69) is 10.1 Å². The lowest BCUT2D eigenvalue weighted by molar-refractivity contribution is 0.320. The second-order valence-corrected chi connectivity index (χ2v) is 3.79. The monoisotopic (exact) mass is 235 g/mol. The Labute approximate surface area is 101 Å². The van der Waals surface area contributed by atoms with E-state index in [1.165, 1.54) is 0 Å². The number of benzene rings is 1. The Bertz CT molecular complexity index is 422. The Morgan fingerprint density at radius 1 is 1.29 bits per heavy atom. The number of rotatable bonds is 4. The zero-order chi connectivity index (χ0) is 12.8. The van der Waals surface area contributed by atoms with Gasteiger partial charge in [0.1, 0.15) is 11.6 Å². The van der Waals surface area contributed by atoms with Gasteiger partial charge in [0.25, 0.3) is 0 Å². The standard InChI is InChI=1S/C12H17N3O2/c1-8(2)14-12(13)11(15-16)9-4-6-10(17-3)7-5-9/h4-8,16H,1-3H3,(H2,13,14). The molecule has 17 heavy (non-hydrogen) atoms. The number of methoxy groups -OCH3 is 1. The fraction of sp³-hybridized carbons (Fsp3) is 0.333. The third-order valence-electron chi connectivity index (χ3n) is 2.10. The highest BCUT2D eigenvalue weighted by atomic mass is 16.5. The minimum absolute atomic E-state index is 0.0463. The van der Waals surface area contributed by atoms with Gasteiger partial charge >= 0.3 is 0 Å². The Kier molecular flexibility index (Phi) is 4.51. The normalized spacial score (nSPS) is 12.9. The number of nitrogens with two attached hydrogens (primary N) is 1. The van der Waals surface area contributed by atoms with Gasteiger partial charge in [-0.15, -0.1) is 0 Å². The van der Waals surface area contributed by atoms with Gasteiger partial charge in [-0.1, -0.05) is 5.16 Å². The van der Waals surface area contributed by atoms with Gasteiger partial charge in [0.2, 0.25) is 0 Å². The molecule has 0 aromatic heterocycles. The molecule has 92 valence electrons. The van der Waals surface area contributed by atoms with Crippen LogP contribution in [0.2, 0.25) is 0 Å². The first-order valence-electron chi connectivity index (χ1n) is 5.28. The summed E-state index contributed by atoms with van der Waals surface area (Å²) in [4.78, 5) is 4.14. The summed E-state index contributed by atoms with van der Waals surface area (Å²) in [6, 6.07) is 7.10. The van der Waals surface area contributed by atoms with E-state index in [1.54, 1.807) is 31.4 Å². The van der Waals surface area contributed by atoms with Gasteiger partial charge in [-0.25, -0.2) is 0 Å². The van der Waals surface area contributed by atoms with E-state index in [1.807, 2.05) is 13.8 Å². The van der Waals surface area contributed by atoms with Crippen molar-refractivity contribution in [3.8, 4) is 5.75 Å². The molecule has 0 amide bonds. The first-order valence-corrected chi connectivity index (χ1v) is 5.28. The average molecular weight is 235 g/mol. The maximum atomic E-state index is 8.99. The molecule has 0 fully saturated rings. The van der Waals surface area contributed by atoms with Gasteiger partial charge in [0.05, 0.1) is 7.11 Å². The van der Waals surface area contributed by atoms with Gasteiger partial charge in [-0.3, -0.25) is 4.99 Å². The maximum absolute atomic E-state index is 8.99. The Morgan fingerprint density at radius 3 is 2.29 bits per heavy atom. The molecule has 3 N–H and O–H groups in total. The molecule has 0 saturated carbocycles. The van der Waals surface area contributed by atoms with E-state index in [0.29, 0.717) is 5.56 Å². The second-order valence-electron chi connectivity index (χ2n) is 3.79. The zero-order valence-electron chi connectivity index (χ0n) is 10.2. The van der Waals surface area contributed by atoms with Crippen molar-refractivity contribution >= 4 is 11.5 Å². The van der Waals surface area contributed by atoms with E-state index in [4.69, 9.17) is 15.7 Å². The van der Waals surface area contributed by atoms with Crippen LogP contribution < -0.4 is 10.5 Å². The van der Waals surface area contributed by atoms with Crippen LogP contribution in [0.25, 0.3) is 0 Å². The largest absolute Gasteiger partial charge is 0.497 e. The third kappa shape index (κ3) is 3.48. The molecule has 0 atom stereocenters. The van der Waals surface area contributed by atoms with Crippen LogP contribution in [0.5, 0.6) is 5.75 Å². The minimum atomic E-state index is 0.0463. The van der Waals surface area contributed by atoms with Crippen LogP contribution in [0.15, 0.2) is 34.4 Å². The van der Waals surface area contributed by atoms with Gasteiger partial charge in [0, 0.05) is 11.6 Å². The summed E-state index contributed by atoms with van der Waals surface area (Å²) in [5.74, 6) is 0.943. The van der Waals surface area contributed by atoms with Crippen LogP contribution in [0.1, 0.15) is 19.4 Å². The van der Waals surface area contributed by atoms with Crippen LogP contribution in [0.4, 0.5) is 0 Å². The number of hydrogen-bond acceptors (Lipinski definition) is 4. The highest BCUT2D eigenvalue weighted by Gasteiger charge is 2.09. The second kappa shape index (κ2) is 5.89. The third-order valence-corrected chi connectivity index (χ3v) is 2.10. The van der Waals surface area contributed by atoms with Gasteiger partial charge in [0.15, 0.2) is 5.71 Å². The van der Waals surface area contributed by atoms with E-state index in [-0.39, 0.29) is 17.6 Å². The summed E-state index contributed by atoms with van der Waals surface area (Å²) in [6.45, 7) is 3.80. The predicted octanol–water partition coefficient (Wildman–Crippen LogP) is 1.64. The summed E-state index contributed by atoms with van der Waals surface area (Å²) in [6.07, 6.45) is 0. The van der Waals surface area contributed by atoms with Crippen molar-refractivity contribution in [3.63, 3.8) is 0 Å². The highest BCUT2D eigenvalue weighted by Crippen LogP contribution is 2.12. The summed E-state index contributed by atoms with van der Waals surface area (Å²) >= 11 is 0. The lowest BCUT2D eigenvalue weighted by atomic mass is 10.1. The molecule has 0 aliphatic carbocycles. The molecule has 5 heteroatoms. The lowest BCUT2D eigenvalue weighted by Crippen LogP contribution is -2.26. The van der Waals surface area contributed by atoms with Crippen molar-refractivity contribution in [3.05, 3.63) is 29.8 Å². The van der Waals surface area contributed by atoms with Crippen LogP contribution >= 0.6 is 0 Å². The molecule has 0 aliphatic rings. The zero-order valence-corrected chi connectivity index (χ0v) is 10.2. The molecule has 0 heterocycles. The molecule has 1 aromatic rings. The molecule has 0 unspecified atom stereocenters. The molecule has 0 radical (unpaired) electrons. The van der Waals surface area contributed by atoms with Crippen molar-refractivity contribution in [2.24, 2.45) is 15.9 Å². The van der Waals surface area contributed by atoms with E-state index < -0.39 is 0 Å². The van der Waals surface area contributed by atoms with E-state index >= 15 is 0 Å². The summed E-state index contributed by atoms with van der Waals surface area (Å²) < 4.78 is 5.04. The molecule has 1 aromatic carbocycles. The lowest BCUT2D eigenvalue weighted by Gasteiger charge is -2.06.